The average Bonchev–Trinajstić information content (AvgIpc) is 2.08. The Bertz CT molecular complexity index is 285. The molecule has 0 saturated heterocycles. The molecule has 1 aromatic rings. The van der Waals surface area contributed by atoms with Crippen LogP contribution in [0, 0.1) is 0 Å². The summed E-state index contributed by atoms with van der Waals surface area (Å²) in [6.07, 6.45) is 0. The van der Waals surface area contributed by atoms with Gasteiger partial charge >= 0.3 is 0 Å². The summed E-state index contributed by atoms with van der Waals surface area (Å²) in [6.45, 7) is -0.677. The Morgan fingerprint density at radius 2 is 2.15 bits per heavy atom. The van der Waals surface area contributed by atoms with E-state index in [-0.39, 0.29) is 18.2 Å². The lowest BCUT2D eigenvalue weighted by Gasteiger charge is -2.09. The minimum Gasteiger partial charge on any atom is -0.508 e. The second kappa shape index (κ2) is 5.42. The Balaban J connectivity index is 0.00000144. The minimum atomic E-state index is -0.748. The molecule has 0 amide bonds. The van der Waals surface area contributed by atoms with Crippen molar-refractivity contribution in [2.75, 3.05) is 6.67 Å². The summed E-state index contributed by atoms with van der Waals surface area (Å²) in [6, 6.07) is 4.01. The van der Waals surface area contributed by atoms with Crippen LogP contribution in [0.3, 0.4) is 0 Å². The van der Waals surface area contributed by atoms with Crippen LogP contribution in [0.5, 0.6) is 5.75 Å². The molecule has 5 heteroatoms. The topological polar surface area (TPSA) is 46.2 Å². The molecule has 0 aliphatic rings. The summed E-state index contributed by atoms with van der Waals surface area (Å²) in [4.78, 5) is 0. The smallest absolute Gasteiger partial charge is 0.120 e. The number of hydrogen-bond acceptors (Lipinski definition) is 2. The molecule has 1 rings (SSSR count). The summed E-state index contributed by atoms with van der Waals surface area (Å²) < 4.78 is 12.9. The third-order valence-electron chi connectivity index (χ3n) is 1.56. The zero-order chi connectivity index (χ0) is 9.14. The largest absolute Gasteiger partial charge is 0.508 e. The van der Waals surface area contributed by atoms with E-state index in [0.717, 1.165) is 4.47 Å². The number of benzene rings is 1. The molecule has 0 saturated carbocycles. The number of hydrogen-bond donors (Lipinski definition) is 2. The summed E-state index contributed by atoms with van der Waals surface area (Å²) in [5, 5.41) is 9.27. The molecule has 0 heterocycles. The molecule has 1 atom stereocenters. The van der Waals surface area contributed by atoms with Crippen LogP contribution >= 0.6 is 28.3 Å². The van der Waals surface area contributed by atoms with E-state index >= 15 is 0 Å². The Hall–Kier alpha value is -0.320. The van der Waals surface area contributed by atoms with Gasteiger partial charge in [-0.2, -0.15) is 0 Å². The second-order valence-corrected chi connectivity index (χ2v) is 3.38. The van der Waals surface area contributed by atoms with Gasteiger partial charge in [0.2, 0.25) is 0 Å². The Kier molecular flexibility index (Phi) is 5.29. The van der Waals surface area contributed by atoms with Gasteiger partial charge in [0.1, 0.15) is 12.4 Å². The van der Waals surface area contributed by atoms with E-state index in [9.17, 15) is 9.50 Å². The first-order valence-electron chi connectivity index (χ1n) is 3.45. The van der Waals surface area contributed by atoms with E-state index in [1.807, 2.05) is 0 Å². The minimum absolute atomic E-state index is 0. The zero-order valence-electron chi connectivity index (χ0n) is 6.71. The number of phenols is 1. The number of halogens is 3. The molecule has 0 spiro atoms. The standard InChI is InChI=1S/C8H9BrFNO.ClH/c9-5-1-2-8(12)6(3-5)7(11)4-10;/h1-3,7,12H,4,11H2;1H/t7-;/m0./s1. The summed E-state index contributed by atoms with van der Waals surface area (Å²) in [7, 11) is 0. The quantitative estimate of drug-likeness (QED) is 0.867. The van der Waals surface area contributed by atoms with Crippen LogP contribution in [-0.2, 0) is 0 Å². The van der Waals surface area contributed by atoms with Gasteiger partial charge < -0.3 is 10.8 Å². The molecule has 0 aliphatic heterocycles. The molecule has 13 heavy (non-hydrogen) atoms. The highest BCUT2D eigenvalue weighted by molar-refractivity contribution is 9.10. The second-order valence-electron chi connectivity index (χ2n) is 2.46. The zero-order valence-corrected chi connectivity index (χ0v) is 9.11. The highest BCUT2D eigenvalue weighted by atomic mass is 79.9. The third-order valence-corrected chi connectivity index (χ3v) is 2.05. The average molecular weight is 271 g/mol. The van der Waals surface area contributed by atoms with Crippen molar-refractivity contribution < 1.29 is 9.50 Å². The van der Waals surface area contributed by atoms with Crippen molar-refractivity contribution in [3.8, 4) is 5.75 Å². The maximum atomic E-state index is 12.1. The lowest BCUT2D eigenvalue weighted by molar-refractivity contribution is 0.414. The SMILES string of the molecule is Cl.N[C@@H](CF)c1cc(Br)ccc1O. The van der Waals surface area contributed by atoms with Crippen LogP contribution in [0.25, 0.3) is 0 Å². The fraction of sp³-hybridized carbons (Fsp3) is 0.250. The van der Waals surface area contributed by atoms with E-state index in [2.05, 4.69) is 15.9 Å². The van der Waals surface area contributed by atoms with Crippen LogP contribution < -0.4 is 5.73 Å². The molecule has 74 valence electrons. The molecule has 3 N–H and O–H groups in total. The normalized spacial score (nSPS) is 11.9. The first-order chi connectivity index (χ1) is 5.65. The van der Waals surface area contributed by atoms with Crippen molar-refractivity contribution in [2.45, 2.75) is 6.04 Å². The number of nitrogens with two attached hydrogens (primary N) is 1. The monoisotopic (exact) mass is 269 g/mol. The van der Waals surface area contributed by atoms with Gasteiger partial charge in [-0.15, -0.1) is 12.4 Å². The van der Waals surface area contributed by atoms with Crippen LogP contribution in [0.2, 0.25) is 0 Å². The van der Waals surface area contributed by atoms with Gasteiger partial charge in [-0.05, 0) is 18.2 Å². The van der Waals surface area contributed by atoms with Crippen molar-refractivity contribution in [3.05, 3.63) is 28.2 Å². The first kappa shape index (κ1) is 12.7. The molecule has 0 radical (unpaired) electrons. The Labute approximate surface area is 90.5 Å². The number of phenolic OH excluding ortho intramolecular Hbond substituents is 1. The van der Waals surface area contributed by atoms with Gasteiger partial charge in [0.25, 0.3) is 0 Å². The predicted molar refractivity (Wildman–Crippen MR) is 56.0 cm³/mol. The molecule has 0 fully saturated rings. The van der Waals surface area contributed by atoms with Crippen molar-refractivity contribution in [3.63, 3.8) is 0 Å². The number of alkyl halides is 1. The van der Waals surface area contributed by atoms with Crippen molar-refractivity contribution >= 4 is 28.3 Å². The molecule has 0 unspecified atom stereocenters. The lowest BCUT2D eigenvalue weighted by atomic mass is 10.1. The van der Waals surface area contributed by atoms with Crippen LogP contribution in [0.15, 0.2) is 22.7 Å². The first-order valence-corrected chi connectivity index (χ1v) is 4.24. The fourth-order valence-corrected chi connectivity index (χ4v) is 1.28. The Morgan fingerprint density at radius 3 is 2.69 bits per heavy atom. The fourth-order valence-electron chi connectivity index (χ4n) is 0.905. The molecular weight excluding hydrogens is 260 g/mol. The van der Waals surface area contributed by atoms with Crippen LogP contribution in [0.4, 0.5) is 4.39 Å². The van der Waals surface area contributed by atoms with E-state index in [1.54, 1.807) is 12.1 Å². The Morgan fingerprint density at radius 1 is 1.54 bits per heavy atom. The third kappa shape index (κ3) is 3.14. The van der Waals surface area contributed by atoms with Crippen LogP contribution in [0.1, 0.15) is 11.6 Å². The molecule has 1 aromatic carbocycles. The van der Waals surface area contributed by atoms with Crippen LogP contribution in [-0.4, -0.2) is 11.8 Å². The van der Waals surface area contributed by atoms with Gasteiger partial charge in [-0.3, -0.25) is 0 Å². The van der Waals surface area contributed by atoms with Crippen molar-refractivity contribution in [1.82, 2.24) is 0 Å². The molecular formula is C8H10BrClFNO. The van der Waals surface area contributed by atoms with Gasteiger partial charge in [-0.25, -0.2) is 4.39 Å². The highest BCUT2D eigenvalue weighted by Crippen LogP contribution is 2.26. The van der Waals surface area contributed by atoms with Gasteiger partial charge in [0.05, 0.1) is 6.04 Å². The summed E-state index contributed by atoms with van der Waals surface area (Å²) in [5.74, 6) is 0.0309. The number of aromatic hydroxyl groups is 1. The lowest BCUT2D eigenvalue weighted by Crippen LogP contribution is -2.12. The predicted octanol–water partition coefficient (Wildman–Crippen LogP) is 2.55. The van der Waals surface area contributed by atoms with E-state index in [4.69, 9.17) is 5.73 Å². The maximum Gasteiger partial charge on any atom is 0.120 e. The summed E-state index contributed by atoms with van der Waals surface area (Å²) in [5.41, 5.74) is 5.83. The van der Waals surface area contributed by atoms with Crippen molar-refractivity contribution in [1.29, 1.82) is 0 Å². The molecule has 2 nitrogen and oxygen atoms in total. The van der Waals surface area contributed by atoms with E-state index in [1.165, 1.54) is 6.07 Å². The summed E-state index contributed by atoms with van der Waals surface area (Å²) >= 11 is 3.20. The highest BCUT2D eigenvalue weighted by Gasteiger charge is 2.10. The van der Waals surface area contributed by atoms with Gasteiger partial charge in [-0.1, -0.05) is 15.9 Å². The molecule has 0 aromatic heterocycles. The van der Waals surface area contributed by atoms with Gasteiger partial charge in [0.15, 0.2) is 0 Å². The van der Waals surface area contributed by atoms with E-state index in [0.29, 0.717) is 5.56 Å². The van der Waals surface area contributed by atoms with E-state index < -0.39 is 12.7 Å². The van der Waals surface area contributed by atoms with Gasteiger partial charge in [0, 0.05) is 10.0 Å². The van der Waals surface area contributed by atoms with Crippen molar-refractivity contribution in [2.24, 2.45) is 5.73 Å². The number of rotatable bonds is 2. The molecule has 0 bridgehead atoms. The molecule has 0 aliphatic carbocycles. The maximum absolute atomic E-state index is 12.1.